The standard InChI is InChI=1S/C14H20FNO/c1-3-12(9-16-11-5-6-11)17-14-8-10(2)4-7-13(14)15/h4,7-8,11-12,16H,3,5-6,9H2,1-2H3. The summed E-state index contributed by atoms with van der Waals surface area (Å²) in [4.78, 5) is 0. The molecule has 1 aliphatic carbocycles. The van der Waals surface area contributed by atoms with Crippen LogP contribution in [0.3, 0.4) is 0 Å². The van der Waals surface area contributed by atoms with Crippen LogP contribution >= 0.6 is 0 Å². The molecule has 0 radical (unpaired) electrons. The van der Waals surface area contributed by atoms with Crippen molar-refractivity contribution in [3.05, 3.63) is 29.6 Å². The van der Waals surface area contributed by atoms with E-state index in [0.29, 0.717) is 11.8 Å². The minimum Gasteiger partial charge on any atom is -0.486 e. The molecule has 1 atom stereocenters. The molecule has 1 N–H and O–H groups in total. The first-order valence-corrected chi connectivity index (χ1v) is 6.35. The lowest BCUT2D eigenvalue weighted by Crippen LogP contribution is -2.32. The van der Waals surface area contributed by atoms with Crippen LogP contribution in [-0.4, -0.2) is 18.7 Å². The van der Waals surface area contributed by atoms with Crippen molar-refractivity contribution in [3.8, 4) is 5.75 Å². The van der Waals surface area contributed by atoms with Crippen molar-refractivity contribution in [2.45, 2.75) is 45.3 Å². The van der Waals surface area contributed by atoms with E-state index < -0.39 is 0 Å². The molecule has 0 spiro atoms. The maximum Gasteiger partial charge on any atom is 0.165 e. The van der Waals surface area contributed by atoms with Crippen LogP contribution in [0.4, 0.5) is 4.39 Å². The molecule has 1 aromatic rings. The summed E-state index contributed by atoms with van der Waals surface area (Å²) in [7, 11) is 0. The van der Waals surface area contributed by atoms with Crippen LogP contribution in [-0.2, 0) is 0 Å². The van der Waals surface area contributed by atoms with Crippen molar-refractivity contribution < 1.29 is 9.13 Å². The molecule has 1 saturated carbocycles. The predicted molar refractivity (Wildman–Crippen MR) is 66.9 cm³/mol. The molecule has 0 amide bonds. The smallest absolute Gasteiger partial charge is 0.165 e. The van der Waals surface area contributed by atoms with Gasteiger partial charge in [0.15, 0.2) is 11.6 Å². The lowest BCUT2D eigenvalue weighted by atomic mass is 10.2. The highest BCUT2D eigenvalue weighted by molar-refractivity contribution is 5.29. The number of nitrogens with one attached hydrogen (secondary N) is 1. The van der Waals surface area contributed by atoms with Gasteiger partial charge in [-0.3, -0.25) is 0 Å². The summed E-state index contributed by atoms with van der Waals surface area (Å²) in [5, 5.41) is 3.41. The summed E-state index contributed by atoms with van der Waals surface area (Å²) >= 11 is 0. The van der Waals surface area contributed by atoms with Crippen molar-refractivity contribution in [1.82, 2.24) is 5.32 Å². The van der Waals surface area contributed by atoms with Crippen LogP contribution in [0.1, 0.15) is 31.7 Å². The molecule has 3 heteroatoms. The fraction of sp³-hybridized carbons (Fsp3) is 0.571. The molecule has 2 nitrogen and oxygen atoms in total. The zero-order chi connectivity index (χ0) is 12.3. The molecule has 0 aromatic heterocycles. The lowest BCUT2D eigenvalue weighted by molar-refractivity contribution is 0.184. The van der Waals surface area contributed by atoms with Gasteiger partial charge in [-0.15, -0.1) is 0 Å². The highest BCUT2D eigenvalue weighted by Crippen LogP contribution is 2.22. The van der Waals surface area contributed by atoms with Gasteiger partial charge in [-0.1, -0.05) is 13.0 Å². The first kappa shape index (κ1) is 12.4. The Bertz CT molecular complexity index is 376. The Kier molecular flexibility index (Phi) is 4.00. The second-order valence-corrected chi connectivity index (χ2v) is 4.76. The van der Waals surface area contributed by atoms with Crippen LogP contribution in [0, 0.1) is 12.7 Å². The van der Waals surface area contributed by atoms with Crippen molar-refractivity contribution in [1.29, 1.82) is 0 Å². The highest BCUT2D eigenvalue weighted by Gasteiger charge is 2.22. The molecule has 1 fully saturated rings. The van der Waals surface area contributed by atoms with Gasteiger partial charge in [0.1, 0.15) is 6.10 Å². The van der Waals surface area contributed by atoms with E-state index in [1.807, 2.05) is 6.92 Å². The van der Waals surface area contributed by atoms with E-state index in [1.54, 1.807) is 12.1 Å². The number of aryl methyl sites for hydroxylation is 1. The van der Waals surface area contributed by atoms with Crippen LogP contribution < -0.4 is 10.1 Å². The molecular weight excluding hydrogens is 217 g/mol. The molecule has 0 heterocycles. The molecule has 1 aliphatic rings. The van der Waals surface area contributed by atoms with Gasteiger partial charge >= 0.3 is 0 Å². The largest absolute Gasteiger partial charge is 0.486 e. The number of ether oxygens (including phenoxy) is 1. The second kappa shape index (κ2) is 5.50. The van der Waals surface area contributed by atoms with Crippen molar-refractivity contribution in [3.63, 3.8) is 0 Å². The number of halogens is 1. The Morgan fingerprint density at radius 1 is 1.47 bits per heavy atom. The average molecular weight is 237 g/mol. The molecule has 0 bridgehead atoms. The van der Waals surface area contributed by atoms with E-state index in [4.69, 9.17) is 4.74 Å². The zero-order valence-corrected chi connectivity index (χ0v) is 10.5. The quantitative estimate of drug-likeness (QED) is 0.821. The third-order valence-corrected chi connectivity index (χ3v) is 3.05. The van der Waals surface area contributed by atoms with Crippen LogP contribution in [0.15, 0.2) is 18.2 Å². The summed E-state index contributed by atoms with van der Waals surface area (Å²) in [6.45, 7) is 4.80. The Morgan fingerprint density at radius 3 is 2.88 bits per heavy atom. The first-order valence-electron chi connectivity index (χ1n) is 6.35. The molecule has 1 aromatic carbocycles. The third-order valence-electron chi connectivity index (χ3n) is 3.05. The van der Waals surface area contributed by atoms with E-state index in [2.05, 4.69) is 12.2 Å². The number of hydrogen-bond donors (Lipinski definition) is 1. The summed E-state index contributed by atoms with van der Waals surface area (Å²) in [5.74, 6) is 0.0925. The van der Waals surface area contributed by atoms with Gasteiger partial charge in [-0.25, -0.2) is 4.39 Å². The predicted octanol–water partition coefficient (Wildman–Crippen LogP) is 3.04. The topological polar surface area (TPSA) is 21.3 Å². The lowest BCUT2D eigenvalue weighted by Gasteiger charge is -2.18. The van der Waals surface area contributed by atoms with E-state index in [0.717, 1.165) is 18.5 Å². The van der Waals surface area contributed by atoms with E-state index in [1.165, 1.54) is 18.9 Å². The normalized spacial score (nSPS) is 16.9. The molecule has 17 heavy (non-hydrogen) atoms. The fourth-order valence-corrected chi connectivity index (χ4v) is 1.74. The first-order chi connectivity index (χ1) is 8.19. The van der Waals surface area contributed by atoms with Gasteiger partial charge in [0.25, 0.3) is 0 Å². The van der Waals surface area contributed by atoms with Crippen molar-refractivity contribution in [2.24, 2.45) is 0 Å². The monoisotopic (exact) mass is 237 g/mol. The van der Waals surface area contributed by atoms with Gasteiger partial charge in [-0.05, 0) is 43.9 Å². The summed E-state index contributed by atoms with van der Waals surface area (Å²) < 4.78 is 19.2. The van der Waals surface area contributed by atoms with Gasteiger partial charge in [-0.2, -0.15) is 0 Å². The van der Waals surface area contributed by atoms with E-state index >= 15 is 0 Å². The van der Waals surface area contributed by atoms with E-state index in [-0.39, 0.29) is 11.9 Å². The number of rotatable bonds is 6. The van der Waals surface area contributed by atoms with Gasteiger partial charge < -0.3 is 10.1 Å². The SMILES string of the molecule is CCC(CNC1CC1)Oc1cc(C)ccc1F. The maximum absolute atomic E-state index is 13.5. The molecule has 0 aliphatic heterocycles. The number of hydrogen-bond acceptors (Lipinski definition) is 2. The summed E-state index contributed by atoms with van der Waals surface area (Å²) in [6, 6.07) is 5.64. The number of benzene rings is 1. The fourth-order valence-electron chi connectivity index (χ4n) is 1.74. The van der Waals surface area contributed by atoms with E-state index in [9.17, 15) is 4.39 Å². The second-order valence-electron chi connectivity index (χ2n) is 4.76. The average Bonchev–Trinajstić information content (AvgIpc) is 3.12. The Balaban J connectivity index is 1.93. The maximum atomic E-state index is 13.5. The Morgan fingerprint density at radius 2 is 2.24 bits per heavy atom. The molecular formula is C14H20FNO. The Hall–Kier alpha value is -1.09. The van der Waals surface area contributed by atoms with Crippen LogP contribution in [0.25, 0.3) is 0 Å². The van der Waals surface area contributed by atoms with Crippen molar-refractivity contribution in [2.75, 3.05) is 6.54 Å². The van der Waals surface area contributed by atoms with Gasteiger partial charge in [0, 0.05) is 12.6 Å². The molecule has 94 valence electrons. The van der Waals surface area contributed by atoms with Crippen LogP contribution in [0.5, 0.6) is 5.75 Å². The summed E-state index contributed by atoms with van der Waals surface area (Å²) in [6.07, 6.45) is 3.45. The summed E-state index contributed by atoms with van der Waals surface area (Å²) in [5.41, 5.74) is 1.02. The van der Waals surface area contributed by atoms with Crippen molar-refractivity contribution >= 4 is 0 Å². The zero-order valence-electron chi connectivity index (χ0n) is 10.5. The highest BCUT2D eigenvalue weighted by atomic mass is 19.1. The van der Waals surface area contributed by atoms with Crippen LogP contribution in [0.2, 0.25) is 0 Å². The molecule has 1 unspecified atom stereocenters. The van der Waals surface area contributed by atoms with Gasteiger partial charge in [0.05, 0.1) is 0 Å². The third kappa shape index (κ3) is 3.70. The molecule has 2 rings (SSSR count). The minimum atomic E-state index is -0.277. The Labute approximate surface area is 102 Å². The van der Waals surface area contributed by atoms with Gasteiger partial charge in [0.2, 0.25) is 0 Å². The minimum absolute atomic E-state index is 0.0481. The molecule has 0 saturated heterocycles.